The zero-order chi connectivity index (χ0) is 19.6. The second-order valence-corrected chi connectivity index (χ2v) is 8.73. The van der Waals surface area contributed by atoms with Gasteiger partial charge in [-0.05, 0) is 43.2 Å². The van der Waals surface area contributed by atoms with Crippen molar-refractivity contribution in [2.24, 2.45) is 0 Å². The maximum atomic E-state index is 12.6. The van der Waals surface area contributed by atoms with Gasteiger partial charge in [-0.3, -0.25) is 4.79 Å². The highest BCUT2D eigenvalue weighted by Gasteiger charge is 2.23. The minimum Gasteiger partial charge on any atom is -0.346 e. The summed E-state index contributed by atoms with van der Waals surface area (Å²) in [4.78, 5) is 17.0. The first-order valence-electron chi connectivity index (χ1n) is 9.34. The van der Waals surface area contributed by atoms with E-state index >= 15 is 0 Å². The van der Waals surface area contributed by atoms with Gasteiger partial charge in [-0.25, -0.2) is 18.1 Å². The number of rotatable bonds is 6. The van der Waals surface area contributed by atoms with Crippen LogP contribution in [-0.2, 0) is 16.6 Å². The smallest absolute Gasteiger partial charge is 0.251 e. The third kappa shape index (κ3) is 4.07. The Hall–Kier alpha value is -2.71. The van der Waals surface area contributed by atoms with Gasteiger partial charge < -0.3 is 9.72 Å². The summed E-state index contributed by atoms with van der Waals surface area (Å²) in [6.07, 6.45) is 7.54. The molecule has 0 aliphatic heterocycles. The Morgan fingerprint density at radius 2 is 1.96 bits per heavy atom. The van der Waals surface area contributed by atoms with Crippen molar-refractivity contribution in [3.63, 3.8) is 0 Å². The lowest BCUT2D eigenvalue weighted by molar-refractivity contribution is 0.0950. The maximum Gasteiger partial charge on any atom is 0.251 e. The molecule has 1 saturated carbocycles. The summed E-state index contributed by atoms with van der Waals surface area (Å²) in [6.45, 7) is 0.262. The number of nitrogens with one attached hydrogen (secondary N) is 2. The molecule has 0 bridgehead atoms. The molecule has 1 fully saturated rings. The van der Waals surface area contributed by atoms with Crippen molar-refractivity contribution >= 4 is 21.6 Å². The molecule has 0 atom stereocenters. The molecule has 8 heteroatoms. The summed E-state index contributed by atoms with van der Waals surface area (Å²) in [7, 11) is -3.63. The van der Waals surface area contributed by atoms with Crippen LogP contribution >= 0.6 is 0 Å². The molecule has 0 saturated heterocycles. The van der Waals surface area contributed by atoms with Crippen LogP contribution in [-0.4, -0.2) is 29.8 Å². The van der Waals surface area contributed by atoms with Gasteiger partial charge in [-0.1, -0.05) is 25.0 Å². The monoisotopic (exact) mass is 398 g/mol. The minimum absolute atomic E-state index is 0.0162. The van der Waals surface area contributed by atoms with Gasteiger partial charge in [0.2, 0.25) is 10.0 Å². The largest absolute Gasteiger partial charge is 0.346 e. The van der Waals surface area contributed by atoms with Gasteiger partial charge in [0, 0.05) is 24.0 Å². The Labute approximate surface area is 163 Å². The molecule has 7 nitrogen and oxygen atoms in total. The Morgan fingerprint density at radius 3 is 2.75 bits per heavy atom. The first-order valence-corrected chi connectivity index (χ1v) is 10.8. The first kappa shape index (κ1) is 18.6. The van der Waals surface area contributed by atoms with Crippen molar-refractivity contribution in [3.05, 3.63) is 66.1 Å². The molecule has 0 unspecified atom stereocenters. The average molecular weight is 398 g/mol. The summed E-state index contributed by atoms with van der Waals surface area (Å²) >= 11 is 0. The van der Waals surface area contributed by atoms with Crippen LogP contribution in [0.5, 0.6) is 0 Å². The van der Waals surface area contributed by atoms with E-state index in [0.717, 1.165) is 37.0 Å². The molecule has 1 aliphatic carbocycles. The molecular weight excluding hydrogens is 376 g/mol. The fourth-order valence-electron chi connectivity index (χ4n) is 3.48. The molecular formula is C20H22N4O3S. The summed E-state index contributed by atoms with van der Waals surface area (Å²) in [5.74, 6) is -0.338. The molecule has 28 heavy (non-hydrogen) atoms. The van der Waals surface area contributed by atoms with Gasteiger partial charge in [0.05, 0.1) is 17.1 Å². The highest BCUT2D eigenvalue weighted by atomic mass is 32.2. The number of hydrogen-bond donors (Lipinski definition) is 2. The van der Waals surface area contributed by atoms with Gasteiger partial charge >= 0.3 is 0 Å². The van der Waals surface area contributed by atoms with Crippen LogP contribution in [0.15, 0.2) is 59.8 Å². The Kier molecular flexibility index (Phi) is 5.15. The number of amides is 1. The highest BCUT2D eigenvalue weighted by molar-refractivity contribution is 7.89. The average Bonchev–Trinajstić information content (AvgIpc) is 3.35. The van der Waals surface area contributed by atoms with Crippen molar-refractivity contribution in [1.29, 1.82) is 0 Å². The number of benzene rings is 1. The van der Waals surface area contributed by atoms with E-state index in [9.17, 15) is 13.2 Å². The molecule has 0 spiro atoms. The van der Waals surface area contributed by atoms with Crippen LogP contribution in [0, 0.1) is 0 Å². The molecule has 2 heterocycles. The Balaban J connectivity index is 1.44. The Bertz CT molecular complexity index is 1070. The SMILES string of the molecule is O=C(NCc1cn2ccccc2n1)c1cccc(S(=O)(=O)NC2CCCC2)c1. The third-order valence-corrected chi connectivity index (χ3v) is 6.45. The van der Waals surface area contributed by atoms with Gasteiger partial charge in [0.25, 0.3) is 5.91 Å². The van der Waals surface area contributed by atoms with E-state index in [1.807, 2.05) is 35.0 Å². The number of carbonyl (C=O) groups is 1. The molecule has 2 aromatic heterocycles. The van der Waals surface area contributed by atoms with Crippen molar-refractivity contribution in [3.8, 4) is 0 Å². The lowest BCUT2D eigenvalue weighted by Gasteiger charge is -2.13. The molecule has 0 radical (unpaired) electrons. The van der Waals surface area contributed by atoms with Crippen LogP contribution in [0.3, 0.4) is 0 Å². The number of carbonyl (C=O) groups excluding carboxylic acids is 1. The molecule has 1 aliphatic rings. The zero-order valence-corrected chi connectivity index (χ0v) is 16.2. The maximum absolute atomic E-state index is 12.6. The van der Waals surface area contributed by atoms with Gasteiger partial charge in [-0.15, -0.1) is 0 Å². The zero-order valence-electron chi connectivity index (χ0n) is 15.3. The van der Waals surface area contributed by atoms with E-state index in [0.29, 0.717) is 5.56 Å². The molecule has 3 aromatic rings. The van der Waals surface area contributed by atoms with Crippen molar-refractivity contribution < 1.29 is 13.2 Å². The lowest BCUT2D eigenvalue weighted by Crippen LogP contribution is -2.32. The lowest BCUT2D eigenvalue weighted by atomic mass is 10.2. The van der Waals surface area contributed by atoms with Crippen molar-refractivity contribution in [2.45, 2.75) is 43.2 Å². The number of fused-ring (bicyclic) bond motifs is 1. The summed E-state index contributed by atoms with van der Waals surface area (Å²) in [5, 5.41) is 2.80. The van der Waals surface area contributed by atoms with Crippen molar-refractivity contribution in [1.82, 2.24) is 19.4 Å². The second kappa shape index (κ2) is 7.73. The number of sulfonamides is 1. The van der Waals surface area contributed by atoms with Gasteiger partial charge in [0.1, 0.15) is 5.65 Å². The Morgan fingerprint density at radius 1 is 1.14 bits per heavy atom. The second-order valence-electron chi connectivity index (χ2n) is 7.01. The molecule has 1 aromatic carbocycles. The fraction of sp³-hybridized carbons (Fsp3) is 0.300. The van der Waals surface area contributed by atoms with Crippen LogP contribution in [0.4, 0.5) is 0 Å². The molecule has 1 amide bonds. The van der Waals surface area contributed by atoms with Gasteiger partial charge in [0.15, 0.2) is 0 Å². The van der Waals surface area contributed by atoms with Crippen LogP contribution in [0.25, 0.3) is 5.65 Å². The number of nitrogens with zero attached hydrogens (tertiary/aromatic N) is 2. The number of hydrogen-bond acceptors (Lipinski definition) is 4. The fourth-order valence-corrected chi connectivity index (χ4v) is 4.83. The predicted octanol–water partition coefficient (Wildman–Crippen LogP) is 2.49. The van der Waals surface area contributed by atoms with E-state index < -0.39 is 10.0 Å². The number of pyridine rings is 1. The molecule has 146 valence electrons. The van der Waals surface area contributed by atoms with Gasteiger partial charge in [-0.2, -0.15) is 0 Å². The first-order chi connectivity index (χ1) is 13.5. The van der Waals surface area contributed by atoms with E-state index in [1.54, 1.807) is 12.1 Å². The standard InChI is InChI=1S/C20H22N4O3S/c25-20(21-13-17-14-24-11-4-3-10-19(24)22-17)15-6-5-9-18(12-15)28(26,27)23-16-7-1-2-8-16/h3-6,9-12,14,16,23H,1-2,7-8,13H2,(H,21,25). The quantitative estimate of drug-likeness (QED) is 0.667. The molecule has 4 rings (SSSR count). The van der Waals surface area contributed by atoms with E-state index in [4.69, 9.17) is 0 Å². The van der Waals surface area contributed by atoms with Crippen molar-refractivity contribution in [2.75, 3.05) is 0 Å². The minimum atomic E-state index is -3.63. The third-order valence-electron chi connectivity index (χ3n) is 4.93. The number of aromatic nitrogens is 2. The summed E-state index contributed by atoms with van der Waals surface area (Å²) in [5.41, 5.74) is 1.84. The summed E-state index contributed by atoms with van der Waals surface area (Å²) in [6, 6.07) is 11.8. The number of imidazole rings is 1. The normalized spacial score (nSPS) is 15.1. The van der Waals surface area contributed by atoms with Crippen LogP contribution < -0.4 is 10.0 Å². The van der Waals surface area contributed by atoms with Crippen LogP contribution in [0.1, 0.15) is 41.7 Å². The topological polar surface area (TPSA) is 92.6 Å². The van der Waals surface area contributed by atoms with E-state index in [2.05, 4.69) is 15.0 Å². The molecule has 2 N–H and O–H groups in total. The van der Waals surface area contributed by atoms with E-state index in [-0.39, 0.29) is 23.4 Å². The summed E-state index contributed by atoms with van der Waals surface area (Å²) < 4.78 is 29.8. The highest BCUT2D eigenvalue weighted by Crippen LogP contribution is 2.21. The van der Waals surface area contributed by atoms with E-state index in [1.165, 1.54) is 12.1 Å². The predicted molar refractivity (Wildman–Crippen MR) is 105 cm³/mol. The van der Waals surface area contributed by atoms with Crippen LogP contribution in [0.2, 0.25) is 0 Å².